The Morgan fingerprint density at radius 3 is 2.76 bits per heavy atom. The third kappa shape index (κ3) is 2.50. The first-order valence-electron chi connectivity index (χ1n) is 4.49. The van der Waals surface area contributed by atoms with Crippen LogP contribution in [0, 0.1) is 9.39 Å². The van der Waals surface area contributed by atoms with Crippen molar-refractivity contribution in [1.82, 2.24) is 9.78 Å². The van der Waals surface area contributed by atoms with Gasteiger partial charge in [-0.15, -0.1) is 0 Å². The van der Waals surface area contributed by atoms with Gasteiger partial charge in [0.2, 0.25) is 0 Å². The van der Waals surface area contributed by atoms with E-state index in [1.807, 2.05) is 0 Å². The molecule has 0 radical (unpaired) electrons. The third-order valence-electron chi connectivity index (χ3n) is 2.13. The molecule has 0 fully saturated rings. The van der Waals surface area contributed by atoms with Crippen LogP contribution in [0.15, 0.2) is 29.0 Å². The molecule has 0 amide bonds. The molecule has 2 N–H and O–H groups in total. The molecular weight excluding hydrogens is 420 g/mol. The van der Waals surface area contributed by atoms with Crippen LogP contribution in [0.1, 0.15) is 5.56 Å². The van der Waals surface area contributed by atoms with Crippen molar-refractivity contribution in [2.45, 2.75) is 0 Å². The largest absolute Gasteiger partial charge is 0.389 e. The van der Waals surface area contributed by atoms with Gasteiger partial charge in [0.15, 0.2) is 5.82 Å². The van der Waals surface area contributed by atoms with Crippen LogP contribution in [-0.2, 0) is 0 Å². The topological polar surface area (TPSA) is 43.8 Å². The molecule has 0 aliphatic rings. The lowest BCUT2D eigenvalue weighted by atomic mass is 10.2. The van der Waals surface area contributed by atoms with Gasteiger partial charge in [-0.05, 0) is 50.7 Å². The number of nitrogens with zero attached hydrogens (tertiary/aromatic N) is 2. The summed E-state index contributed by atoms with van der Waals surface area (Å²) in [4.78, 5) is 0.150. The van der Waals surface area contributed by atoms with Crippen LogP contribution in [0.25, 0.3) is 5.69 Å². The summed E-state index contributed by atoms with van der Waals surface area (Å²) in [5, 5.41) is 4.05. The lowest BCUT2D eigenvalue weighted by Crippen LogP contribution is -2.12. The molecule has 88 valence electrons. The molecule has 0 bridgehead atoms. The van der Waals surface area contributed by atoms with Crippen molar-refractivity contribution in [3.05, 3.63) is 43.9 Å². The van der Waals surface area contributed by atoms with Crippen LogP contribution >= 0.6 is 50.7 Å². The molecule has 0 aliphatic carbocycles. The maximum absolute atomic E-state index is 14.1. The summed E-state index contributed by atoms with van der Waals surface area (Å²) in [7, 11) is 0. The summed E-state index contributed by atoms with van der Waals surface area (Å²) in [6.07, 6.45) is 3.38. The van der Waals surface area contributed by atoms with E-state index in [0.29, 0.717) is 11.3 Å². The molecule has 0 saturated carbocycles. The lowest BCUT2D eigenvalue weighted by Gasteiger charge is -2.08. The fraction of sp³-hybridized carbons (Fsp3) is 0. The van der Waals surface area contributed by atoms with E-state index in [4.69, 9.17) is 18.0 Å². The predicted molar refractivity (Wildman–Crippen MR) is 79.8 cm³/mol. The van der Waals surface area contributed by atoms with Crippen molar-refractivity contribution < 1.29 is 4.39 Å². The number of halogens is 3. The molecule has 2 aromatic rings. The van der Waals surface area contributed by atoms with Crippen molar-refractivity contribution in [2.75, 3.05) is 0 Å². The van der Waals surface area contributed by atoms with E-state index < -0.39 is 5.82 Å². The molecule has 1 aromatic carbocycles. The monoisotopic (exact) mass is 425 g/mol. The molecule has 0 atom stereocenters. The minimum absolute atomic E-state index is 0.150. The van der Waals surface area contributed by atoms with Gasteiger partial charge >= 0.3 is 0 Å². The van der Waals surface area contributed by atoms with E-state index in [0.717, 1.165) is 3.57 Å². The van der Waals surface area contributed by atoms with Gasteiger partial charge in [0, 0.05) is 11.8 Å². The zero-order valence-corrected chi connectivity index (χ0v) is 12.9. The Hall–Kier alpha value is -0.540. The second-order valence-corrected chi connectivity index (χ2v) is 5.71. The van der Waals surface area contributed by atoms with Crippen LogP contribution in [0.2, 0.25) is 0 Å². The number of rotatable bonds is 2. The quantitative estimate of drug-likeness (QED) is 0.594. The van der Waals surface area contributed by atoms with Crippen LogP contribution in [0.4, 0.5) is 4.39 Å². The maximum atomic E-state index is 14.1. The average Bonchev–Trinajstić information content (AvgIpc) is 2.68. The Morgan fingerprint density at radius 1 is 1.53 bits per heavy atom. The molecule has 7 heteroatoms. The van der Waals surface area contributed by atoms with Gasteiger partial charge < -0.3 is 5.73 Å². The first kappa shape index (κ1) is 12.9. The van der Waals surface area contributed by atoms with E-state index in [2.05, 4.69) is 43.6 Å². The summed E-state index contributed by atoms with van der Waals surface area (Å²) in [6.45, 7) is 0. The highest BCUT2D eigenvalue weighted by atomic mass is 127. The van der Waals surface area contributed by atoms with Gasteiger partial charge in [0.1, 0.15) is 10.7 Å². The highest BCUT2D eigenvalue weighted by Gasteiger charge is 2.14. The first-order chi connectivity index (χ1) is 8.00. The van der Waals surface area contributed by atoms with Gasteiger partial charge in [0.25, 0.3) is 0 Å². The fourth-order valence-electron chi connectivity index (χ4n) is 1.34. The molecular formula is C10H6BrFIN3S. The van der Waals surface area contributed by atoms with Crippen molar-refractivity contribution in [1.29, 1.82) is 0 Å². The number of benzene rings is 1. The first-order valence-corrected chi connectivity index (χ1v) is 6.77. The van der Waals surface area contributed by atoms with Crippen molar-refractivity contribution >= 4 is 55.7 Å². The molecule has 0 aliphatic heterocycles. The standard InChI is InChI=1S/C10H6BrFIN3S/c11-8-6(10(14)17)1-2-7(9(8)12)16-4-5(13)3-15-16/h1-4H,(H2,14,17). The molecule has 1 heterocycles. The van der Waals surface area contributed by atoms with Crippen LogP contribution < -0.4 is 5.73 Å². The number of nitrogens with two attached hydrogens (primary N) is 1. The summed E-state index contributed by atoms with van der Waals surface area (Å²) in [6, 6.07) is 3.26. The van der Waals surface area contributed by atoms with Crippen molar-refractivity contribution in [3.8, 4) is 5.69 Å². The van der Waals surface area contributed by atoms with Crippen molar-refractivity contribution in [3.63, 3.8) is 0 Å². The van der Waals surface area contributed by atoms with Gasteiger partial charge in [-0.3, -0.25) is 0 Å². The molecule has 0 unspecified atom stereocenters. The Bertz CT molecular complexity index is 599. The van der Waals surface area contributed by atoms with Gasteiger partial charge in [-0.2, -0.15) is 5.10 Å². The number of aromatic nitrogens is 2. The van der Waals surface area contributed by atoms with Gasteiger partial charge in [0.05, 0.1) is 14.2 Å². The minimum atomic E-state index is -0.435. The van der Waals surface area contributed by atoms with Crippen LogP contribution in [0.3, 0.4) is 0 Å². The second kappa shape index (κ2) is 4.99. The molecule has 17 heavy (non-hydrogen) atoms. The SMILES string of the molecule is NC(=S)c1ccc(-n2cc(I)cn2)c(F)c1Br. The molecule has 2 rings (SSSR count). The minimum Gasteiger partial charge on any atom is -0.389 e. The third-order valence-corrected chi connectivity index (χ3v) is 3.68. The summed E-state index contributed by atoms with van der Waals surface area (Å²) >= 11 is 10.1. The van der Waals surface area contributed by atoms with Gasteiger partial charge in [-0.1, -0.05) is 12.2 Å². The summed E-state index contributed by atoms with van der Waals surface area (Å²) in [5.41, 5.74) is 6.31. The normalized spacial score (nSPS) is 10.5. The van der Waals surface area contributed by atoms with E-state index in [1.165, 1.54) is 4.68 Å². The van der Waals surface area contributed by atoms with Crippen LogP contribution in [-0.4, -0.2) is 14.8 Å². The van der Waals surface area contributed by atoms with Gasteiger partial charge in [-0.25, -0.2) is 9.07 Å². The Balaban J connectivity index is 2.58. The Kier molecular flexibility index (Phi) is 3.79. The predicted octanol–water partition coefficient (Wildman–Crippen LogP) is 3.01. The Morgan fingerprint density at radius 2 is 2.24 bits per heavy atom. The number of hydrogen-bond donors (Lipinski definition) is 1. The maximum Gasteiger partial charge on any atom is 0.163 e. The number of thiocarbonyl (C=S) groups is 1. The Labute approximate surface area is 124 Å². The fourth-order valence-corrected chi connectivity index (χ4v) is 2.58. The highest BCUT2D eigenvalue weighted by molar-refractivity contribution is 14.1. The van der Waals surface area contributed by atoms with Crippen molar-refractivity contribution in [2.24, 2.45) is 5.73 Å². The average molecular weight is 426 g/mol. The van der Waals surface area contributed by atoms with E-state index in [9.17, 15) is 4.39 Å². The molecule has 3 nitrogen and oxygen atoms in total. The zero-order chi connectivity index (χ0) is 12.6. The molecule has 1 aromatic heterocycles. The zero-order valence-electron chi connectivity index (χ0n) is 8.32. The molecule has 0 spiro atoms. The second-order valence-electron chi connectivity index (χ2n) is 3.23. The van der Waals surface area contributed by atoms with Crippen LogP contribution in [0.5, 0.6) is 0 Å². The summed E-state index contributed by atoms with van der Waals surface area (Å²) < 4.78 is 16.7. The number of hydrogen-bond acceptors (Lipinski definition) is 2. The molecule has 0 saturated heterocycles. The highest BCUT2D eigenvalue weighted by Crippen LogP contribution is 2.26. The van der Waals surface area contributed by atoms with E-state index in [-0.39, 0.29) is 9.46 Å². The van der Waals surface area contributed by atoms with E-state index in [1.54, 1.807) is 24.5 Å². The lowest BCUT2D eigenvalue weighted by molar-refractivity contribution is 0.604. The summed E-state index contributed by atoms with van der Waals surface area (Å²) in [5.74, 6) is -0.435. The van der Waals surface area contributed by atoms with E-state index >= 15 is 0 Å². The smallest absolute Gasteiger partial charge is 0.163 e.